The number of allylic oxidation sites excluding steroid dienone is 2. The van der Waals surface area contributed by atoms with Crippen LogP contribution in [0, 0.1) is 0 Å². The molecule has 1 aromatic carbocycles. The van der Waals surface area contributed by atoms with Crippen molar-refractivity contribution in [2.45, 2.75) is 141 Å². The zero-order chi connectivity index (χ0) is 25.5. The molecular weight excluding hydrogens is 535 g/mol. The van der Waals surface area contributed by atoms with Crippen LogP contribution in [0.1, 0.15) is 111 Å². The fraction of sp³-hybridized carbons (Fsp3) is 0.742. The van der Waals surface area contributed by atoms with E-state index in [9.17, 15) is 0 Å². The predicted molar refractivity (Wildman–Crippen MR) is 160 cm³/mol. The van der Waals surface area contributed by atoms with E-state index < -0.39 is 26.7 Å². The summed E-state index contributed by atoms with van der Waals surface area (Å²) in [7, 11) is -1.80. The number of benzene rings is 1. The molecule has 0 aromatic heterocycles. The Morgan fingerprint density at radius 2 is 1.35 bits per heavy atom. The van der Waals surface area contributed by atoms with Gasteiger partial charge in [0.2, 0.25) is 0 Å². The molecule has 1 rings (SSSR count). The molecule has 0 radical (unpaired) electrons. The molecule has 0 aliphatic rings. The van der Waals surface area contributed by atoms with Gasteiger partial charge in [0.25, 0.3) is 0 Å². The van der Waals surface area contributed by atoms with Gasteiger partial charge in [0.1, 0.15) is 0 Å². The molecule has 1 atom stereocenters. The van der Waals surface area contributed by atoms with Crippen molar-refractivity contribution in [3.05, 3.63) is 48.0 Å². The van der Waals surface area contributed by atoms with Gasteiger partial charge in [-0.2, -0.15) is 0 Å². The summed E-state index contributed by atoms with van der Waals surface area (Å²) >= 11 is -2.02. The van der Waals surface area contributed by atoms with Crippen LogP contribution in [0.15, 0.2) is 42.5 Å². The first-order valence-corrected chi connectivity index (χ1v) is 25.5. The number of unbranched alkanes of at least 4 members (excludes halogenated alkanes) is 4. The van der Waals surface area contributed by atoms with Crippen LogP contribution in [-0.2, 0) is 4.43 Å². The second-order valence-corrected chi connectivity index (χ2v) is 31.0. The Morgan fingerprint density at radius 3 is 1.82 bits per heavy atom. The van der Waals surface area contributed by atoms with Crippen molar-refractivity contribution in [1.82, 2.24) is 0 Å². The molecule has 0 saturated carbocycles. The van der Waals surface area contributed by atoms with E-state index in [0.29, 0.717) is 0 Å². The predicted octanol–water partition coefficient (Wildman–Crippen LogP) is 11.3. The van der Waals surface area contributed by atoms with E-state index in [2.05, 4.69) is 97.1 Å². The monoisotopic (exact) mass is 594 g/mol. The molecule has 0 fully saturated rings. The zero-order valence-corrected chi connectivity index (χ0v) is 28.1. The van der Waals surface area contributed by atoms with Gasteiger partial charge in [-0.05, 0) is 0 Å². The van der Waals surface area contributed by atoms with Crippen LogP contribution in [0.4, 0.5) is 0 Å². The molecule has 0 N–H and O–H groups in total. The summed E-state index contributed by atoms with van der Waals surface area (Å²) < 4.78 is 13.2. The molecule has 0 amide bonds. The SMILES string of the molecule is CCC[CH2][Sn]([CH2]/C=C/CCCC(O[Si](C)(C)C(C)(C)C)c1ccccc1)([CH2]CCC)[CH2]CCC. The first kappa shape index (κ1) is 32.0. The van der Waals surface area contributed by atoms with Crippen molar-refractivity contribution in [3.8, 4) is 0 Å². The van der Waals surface area contributed by atoms with E-state index >= 15 is 0 Å². The molecule has 0 spiro atoms. The Hall–Kier alpha value is -0.0644. The van der Waals surface area contributed by atoms with E-state index in [0.717, 1.165) is 6.42 Å². The molecule has 0 bridgehead atoms. The molecule has 0 saturated heterocycles. The van der Waals surface area contributed by atoms with Crippen molar-refractivity contribution < 1.29 is 4.43 Å². The van der Waals surface area contributed by atoms with Gasteiger partial charge in [-0.25, -0.2) is 0 Å². The Bertz CT molecular complexity index is 640. The Morgan fingerprint density at radius 1 is 0.824 bits per heavy atom. The van der Waals surface area contributed by atoms with Crippen LogP contribution in [0.2, 0.25) is 35.9 Å². The van der Waals surface area contributed by atoms with Crippen molar-refractivity contribution in [1.29, 1.82) is 0 Å². The van der Waals surface area contributed by atoms with Crippen LogP contribution in [0.25, 0.3) is 0 Å². The normalized spacial score (nSPS) is 14.1. The molecule has 0 aliphatic heterocycles. The van der Waals surface area contributed by atoms with Gasteiger partial charge in [0.05, 0.1) is 0 Å². The molecule has 1 nitrogen and oxygen atoms in total. The summed E-state index contributed by atoms with van der Waals surface area (Å²) in [6.45, 7) is 18.9. The number of hydrogen-bond donors (Lipinski definition) is 0. The Balaban J connectivity index is 2.75. The average Bonchev–Trinajstić information content (AvgIpc) is 2.80. The Labute approximate surface area is 219 Å². The first-order chi connectivity index (χ1) is 16.1. The van der Waals surface area contributed by atoms with Gasteiger partial charge < -0.3 is 0 Å². The summed E-state index contributed by atoms with van der Waals surface area (Å²) in [6.07, 6.45) is 17.5. The van der Waals surface area contributed by atoms with Gasteiger partial charge in [-0.1, -0.05) is 0 Å². The molecule has 0 aliphatic carbocycles. The third-order valence-electron chi connectivity index (χ3n) is 8.15. The van der Waals surface area contributed by atoms with E-state index in [1.165, 1.54) is 61.4 Å². The summed E-state index contributed by atoms with van der Waals surface area (Å²) in [4.78, 5) is 0. The summed E-state index contributed by atoms with van der Waals surface area (Å²) in [5.41, 5.74) is 1.35. The quantitative estimate of drug-likeness (QED) is 0.0935. The topological polar surface area (TPSA) is 9.23 Å². The van der Waals surface area contributed by atoms with Crippen LogP contribution in [0.5, 0.6) is 0 Å². The molecule has 0 heterocycles. The summed E-state index contributed by atoms with van der Waals surface area (Å²) in [5, 5.41) is 0.242. The molecule has 34 heavy (non-hydrogen) atoms. The second-order valence-electron chi connectivity index (χ2n) is 12.2. The Kier molecular flexibility index (Phi) is 15.6. The standard InChI is InChI=1S/C19H31OSi.3C4H9.Sn/c1-7-8-9-13-16-18(17-14-11-10-12-15-17)20-21(5,6)19(2,3)4;3*1-3-4-2;/h7-8,10-12,14-15,18H,1,9,13,16H2,2-6H3;3*1,3-4H2,2H3;/b8-7+;;;;. The fourth-order valence-corrected chi connectivity index (χ4v) is 21.3. The maximum atomic E-state index is 6.91. The molecular formula is C31H58OSiSn. The third-order valence-corrected chi connectivity index (χ3v) is 27.9. The van der Waals surface area contributed by atoms with E-state index in [4.69, 9.17) is 4.43 Å². The summed E-state index contributed by atoms with van der Waals surface area (Å²) in [6, 6.07) is 10.9. The van der Waals surface area contributed by atoms with Gasteiger partial charge in [0, 0.05) is 0 Å². The van der Waals surface area contributed by atoms with Crippen LogP contribution < -0.4 is 0 Å². The van der Waals surface area contributed by atoms with Crippen LogP contribution in [0.3, 0.4) is 0 Å². The van der Waals surface area contributed by atoms with Crippen LogP contribution >= 0.6 is 0 Å². The van der Waals surface area contributed by atoms with Crippen molar-refractivity contribution in [2.75, 3.05) is 0 Å². The minimum atomic E-state index is -2.02. The van der Waals surface area contributed by atoms with Gasteiger partial charge in [-0.3, -0.25) is 0 Å². The van der Waals surface area contributed by atoms with E-state index in [1.807, 2.05) is 0 Å². The van der Waals surface area contributed by atoms with E-state index in [-0.39, 0.29) is 11.1 Å². The second kappa shape index (κ2) is 16.6. The summed E-state index contributed by atoms with van der Waals surface area (Å²) in [5.74, 6) is 0. The van der Waals surface area contributed by atoms with Gasteiger partial charge >= 0.3 is 220 Å². The molecule has 3 heteroatoms. The molecule has 196 valence electrons. The zero-order valence-electron chi connectivity index (χ0n) is 24.2. The number of rotatable bonds is 18. The molecule has 1 aromatic rings. The van der Waals surface area contributed by atoms with Gasteiger partial charge in [-0.15, -0.1) is 0 Å². The average molecular weight is 594 g/mol. The molecule has 1 unspecified atom stereocenters. The fourth-order valence-electron chi connectivity index (χ4n) is 4.70. The van der Waals surface area contributed by atoms with Crippen molar-refractivity contribution in [3.63, 3.8) is 0 Å². The van der Waals surface area contributed by atoms with Crippen molar-refractivity contribution >= 4 is 26.7 Å². The third kappa shape index (κ3) is 11.8. The van der Waals surface area contributed by atoms with Gasteiger partial charge in [0.15, 0.2) is 0 Å². The van der Waals surface area contributed by atoms with Crippen molar-refractivity contribution in [2.24, 2.45) is 0 Å². The minimum absolute atomic E-state index is 0.229. The van der Waals surface area contributed by atoms with E-state index in [1.54, 1.807) is 13.3 Å². The maximum absolute atomic E-state index is 6.91. The number of hydrogen-bond acceptors (Lipinski definition) is 1. The van der Waals surface area contributed by atoms with Crippen LogP contribution in [-0.4, -0.2) is 26.7 Å². The first-order valence-electron chi connectivity index (χ1n) is 14.5.